The van der Waals surface area contributed by atoms with Gasteiger partial charge in [-0.1, -0.05) is 28.1 Å². The van der Waals surface area contributed by atoms with Gasteiger partial charge in [-0.05, 0) is 23.8 Å². The summed E-state index contributed by atoms with van der Waals surface area (Å²) in [7, 11) is 1.66. The van der Waals surface area contributed by atoms with Crippen LogP contribution in [0.15, 0.2) is 47.2 Å². The normalized spacial score (nSPS) is 10.0. The average Bonchev–Trinajstić information content (AvgIpc) is 2.30. The maximum atomic E-state index is 5.11. The van der Waals surface area contributed by atoms with E-state index in [1.807, 2.05) is 36.5 Å². The predicted molar refractivity (Wildman–Crippen MR) is 63.9 cm³/mol. The molecule has 0 radical (unpaired) electrons. The Morgan fingerprint density at radius 3 is 2.47 bits per heavy atom. The SMILES string of the molecule is COc1ccc(-c2cnccc2Br)cc1. The Morgan fingerprint density at radius 2 is 1.87 bits per heavy atom. The lowest BCUT2D eigenvalue weighted by Crippen LogP contribution is -1.84. The van der Waals surface area contributed by atoms with E-state index in [4.69, 9.17) is 4.74 Å². The van der Waals surface area contributed by atoms with Crippen LogP contribution in [0.2, 0.25) is 0 Å². The van der Waals surface area contributed by atoms with E-state index in [9.17, 15) is 0 Å². The second-order valence-corrected chi connectivity index (χ2v) is 3.94. The highest BCUT2D eigenvalue weighted by molar-refractivity contribution is 9.10. The Kier molecular flexibility index (Phi) is 3.02. The van der Waals surface area contributed by atoms with Crippen LogP contribution in [0.25, 0.3) is 11.1 Å². The van der Waals surface area contributed by atoms with Gasteiger partial charge in [-0.3, -0.25) is 4.98 Å². The molecule has 2 nitrogen and oxygen atoms in total. The Bertz CT molecular complexity index is 453. The monoisotopic (exact) mass is 263 g/mol. The summed E-state index contributed by atoms with van der Waals surface area (Å²) in [6, 6.07) is 9.84. The van der Waals surface area contributed by atoms with Crippen molar-refractivity contribution in [1.82, 2.24) is 4.98 Å². The third-order valence-electron chi connectivity index (χ3n) is 2.17. The maximum Gasteiger partial charge on any atom is 0.118 e. The van der Waals surface area contributed by atoms with Gasteiger partial charge in [-0.2, -0.15) is 0 Å². The van der Waals surface area contributed by atoms with E-state index in [-0.39, 0.29) is 0 Å². The fourth-order valence-corrected chi connectivity index (χ4v) is 1.81. The van der Waals surface area contributed by atoms with E-state index in [1.54, 1.807) is 13.3 Å². The first-order chi connectivity index (χ1) is 7.31. The summed E-state index contributed by atoms with van der Waals surface area (Å²) in [5.74, 6) is 0.860. The lowest BCUT2D eigenvalue weighted by Gasteiger charge is -2.04. The van der Waals surface area contributed by atoms with Gasteiger partial charge in [0.25, 0.3) is 0 Å². The molecule has 2 aromatic rings. The molecule has 0 aliphatic heterocycles. The van der Waals surface area contributed by atoms with Crippen molar-refractivity contribution in [2.45, 2.75) is 0 Å². The lowest BCUT2D eigenvalue weighted by atomic mass is 10.1. The van der Waals surface area contributed by atoms with Crippen molar-refractivity contribution in [2.75, 3.05) is 7.11 Å². The summed E-state index contributed by atoms with van der Waals surface area (Å²) in [6.45, 7) is 0. The highest BCUT2D eigenvalue weighted by Gasteiger charge is 2.02. The molecule has 0 aliphatic rings. The molecule has 0 saturated carbocycles. The lowest BCUT2D eigenvalue weighted by molar-refractivity contribution is 0.415. The van der Waals surface area contributed by atoms with Crippen LogP contribution in [0.1, 0.15) is 0 Å². The first-order valence-corrected chi connectivity index (χ1v) is 5.34. The number of benzene rings is 1. The van der Waals surface area contributed by atoms with Crippen LogP contribution >= 0.6 is 15.9 Å². The minimum atomic E-state index is 0.860. The van der Waals surface area contributed by atoms with Crippen LogP contribution in [0.4, 0.5) is 0 Å². The largest absolute Gasteiger partial charge is 0.497 e. The number of hydrogen-bond acceptors (Lipinski definition) is 2. The van der Waals surface area contributed by atoms with Crippen molar-refractivity contribution in [3.8, 4) is 16.9 Å². The third kappa shape index (κ3) is 2.18. The summed E-state index contributed by atoms with van der Waals surface area (Å²) in [4.78, 5) is 4.10. The Labute approximate surface area is 97.1 Å². The number of rotatable bonds is 2. The number of methoxy groups -OCH3 is 1. The molecule has 3 heteroatoms. The van der Waals surface area contributed by atoms with Gasteiger partial charge in [-0.25, -0.2) is 0 Å². The molecule has 0 saturated heterocycles. The molecule has 15 heavy (non-hydrogen) atoms. The molecule has 0 spiro atoms. The molecule has 1 aromatic heterocycles. The molecule has 1 aromatic carbocycles. The standard InChI is InChI=1S/C12H10BrNO/c1-15-10-4-2-9(3-5-10)11-8-14-7-6-12(11)13/h2-8H,1H3. The second-order valence-electron chi connectivity index (χ2n) is 3.08. The van der Waals surface area contributed by atoms with Gasteiger partial charge in [0.15, 0.2) is 0 Å². The second kappa shape index (κ2) is 4.45. The Hall–Kier alpha value is -1.35. The zero-order valence-electron chi connectivity index (χ0n) is 8.27. The van der Waals surface area contributed by atoms with Crippen molar-refractivity contribution >= 4 is 15.9 Å². The van der Waals surface area contributed by atoms with Crippen LogP contribution < -0.4 is 4.74 Å². The highest BCUT2D eigenvalue weighted by atomic mass is 79.9. The summed E-state index contributed by atoms with van der Waals surface area (Å²) in [6.07, 6.45) is 3.60. The van der Waals surface area contributed by atoms with Crippen molar-refractivity contribution < 1.29 is 4.74 Å². The van der Waals surface area contributed by atoms with E-state index in [2.05, 4.69) is 20.9 Å². The first-order valence-electron chi connectivity index (χ1n) is 4.55. The quantitative estimate of drug-likeness (QED) is 0.827. The fourth-order valence-electron chi connectivity index (χ4n) is 1.36. The summed E-state index contributed by atoms with van der Waals surface area (Å²) < 4.78 is 6.15. The zero-order valence-corrected chi connectivity index (χ0v) is 9.86. The van der Waals surface area contributed by atoms with Crippen molar-refractivity contribution in [3.05, 3.63) is 47.2 Å². The van der Waals surface area contributed by atoms with E-state index in [0.717, 1.165) is 21.3 Å². The first kappa shape index (κ1) is 10.2. The Balaban J connectivity index is 2.42. The minimum Gasteiger partial charge on any atom is -0.497 e. The number of hydrogen-bond donors (Lipinski definition) is 0. The van der Waals surface area contributed by atoms with E-state index < -0.39 is 0 Å². The predicted octanol–water partition coefficient (Wildman–Crippen LogP) is 3.52. The minimum absolute atomic E-state index is 0.860. The van der Waals surface area contributed by atoms with Gasteiger partial charge in [0.05, 0.1) is 7.11 Å². The third-order valence-corrected chi connectivity index (χ3v) is 2.86. The summed E-state index contributed by atoms with van der Waals surface area (Å²) in [5.41, 5.74) is 2.20. The van der Waals surface area contributed by atoms with Crippen LogP contribution in [0.5, 0.6) is 5.75 Å². The summed E-state index contributed by atoms with van der Waals surface area (Å²) >= 11 is 3.50. The van der Waals surface area contributed by atoms with Crippen molar-refractivity contribution in [3.63, 3.8) is 0 Å². The van der Waals surface area contributed by atoms with E-state index in [1.165, 1.54) is 0 Å². The molecule has 2 rings (SSSR count). The average molecular weight is 264 g/mol. The van der Waals surface area contributed by atoms with Gasteiger partial charge in [0, 0.05) is 22.4 Å². The molecule has 0 fully saturated rings. The fraction of sp³-hybridized carbons (Fsp3) is 0.0833. The van der Waals surface area contributed by atoms with Crippen LogP contribution in [-0.2, 0) is 0 Å². The molecule has 0 aliphatic carbocycles. The number of ether oxygens (including phenoxy) is 1. The number of pyridine rings is 1. The van der Waals surface area contributed by atoms with Crippen LogP contribution in [-0.4, -0.2) is 12.1 Å². The molecule has 1 heterocycles. The van der Waals surface area contributed by atoms with Gasteiger partial charge in [-0.15, -0.1) is 0 Å². The van der Waals surface area contributed by atoms with Crippen LogP contribution in [0, 0.1) is 0 Å². The Morgan fingerprint density at radius 1 is 1.13 bits per heavy atom. The highest BCUT2D eigenvalue weighted by Crippen LogP contribution is 2.28. The zero-order chi connectivity index (χ0) is 10.7. The van der Waals surface area contributed by atoms with E-state index in [0.29, 0.717) is 0 Å². The van der Waals surface area contributed by atoms with Crippen LogP contribution in [0.3, 0.4) is 0 Å². The number of halogens is 1. The molecule has 76 valence electrons. The van der Waals surface area contributed by atoms with Gasteiger partial charge >= 0.3 is 0 Å². The van der Waals surface area contributed by atoms with Gasteiger partial charge in [0.1, 0.15) is 5.75 Å². The van der Waals surface area contributed by atoms with E-state index >= 15 is 0 Å². The topological polar surface area (TPSA) is 22.1 Å². The molecule has 0 atom stereocenters. The molecule has 0 bridgehead atoms. The number of nitrogens with zero attached hydrogens (tertiary/aromatic N) is 1. The molecular weight excluding hydrogens is 254 g/mol. The van der Waals surface area contributed by atoms with Gasteiger partial charge in [0.2, 0.25) is 0 Å². The maximum absolute atomic E-state index is 5.11. The smallest absolute Gasteiger partial charge is 0.118 e. The molecular formula is C12H10BrNO. The molecule has 0 amide bonds. The molecule has 0 unspecified atom stereocenters. The molecule has 0 N–H and O–H groups in total. The van der Waals surface area contributed by atoms with Crippen molar-refractivity contribution in [1.29, 1.82) is 0 Å². The summed E-state index contributed by atoms with van der Waals surface area (Å²) in [5, 5.41) is 0. The van der Waals surface area contributed by atoms with Gasteiger partial charge < -0.3 is 4.74 Å². The van der Waals surface area contributed by atoms with Crippen molar-refractivity contribution in [2.24, 2.45) is 0 Å². The number of aromatic nitrogens is 1.